The molecule has 0 fully saturated rings. The number of rotatable bonds is 1. The Labute approximate surface area is 97.0 Å². The molecule has 80 valence electrons. The molecule has 3 aromatic rings. The summed E-state index contributed by atoms with van der Waals surface area (Å²) in [4.78, 5) is 4.23. The number of aromatic nitrogens is 4. The third-order valence-electron chi connectivity index (χ3n) is 2.43. The highest BCUT2D eigenvalue weighted by molar-refractivity contribution is 5.56. The van der Waals surface area contributed by atoms with Crippen molar-refractivity contribution in [3.8, 4) is 17.6 Å². The predicted molar refractivity (Wildman–Crippen MR) is 60.9 cm³/mol. The summed E-state index contributed by atoms with van der Waals surface area (Å²) in [6, 6.07) is 11.1. The van der Waals surface area contributed by atoms with E-state index in [0.717, 1.165) is 5.69 Å². The molecule has 0 N–H and O–H groups in total. The summed E-state index contributed by atoms with van der Waals surface area (Å²) < 4.78 is 1.81. The van der Waals surface area contributed by atoms with Crippen LogP contribution in [0.5, 0.6) is 0 Å². The zero-order valence-electron chi connectivity index (χ0n) is 8.78. The maximum absolute atomic E-state index is 8.80. The summed E-state index contributed by atoms with van der Waals surface area (Å²) in [5.74, 6) is 0.671. The van der Waals surface area contributed by atoms with Crippen LogP contribution >= 0.6 is 0 Å². The van der Waals surface area contributed by atoms with Crippen LogP contribution in [0.4, 0.5) is 0 Å². The van der Waals surface area contributed by atoms with E-state index in [1.807, 2.05) is 22.6 Å². The van der Waals surface area contributed by atoms with Gasteiger partial charge in [0.2, 0.25) is 0 Å². The minimum absolute atomic E-state index is 0.567. The molecule has 0 spiro atoms. The van der Waals surface area contributed by atoms with Gasteiger partial charge in [0, 0.05) is 18.5 Å². The molecule has 0 saturated carbocycles. The number of pyridine rings is 2. The van der Waals surface area contributed by atoms with Crippen molar-refractivity contribution in [1.29, 1.82) is 5.26 Å². The fraction of sp³-hybridized carbons (Fsp3) is 0. The first kappa shape index (κ1) is 9.48. The smallest absolute Gasteiger partial charge is 0.186 e. The van der Waals surface area contributed by atoms with Crippen LogP contribution in [0.2, 0.25) is 0 Å². The molecule has 0 amide bonds. The molecule has 3 rings (SSSR count). The highest BCUT2D eigenvalue weighted by Gasteiger charge is 2.08. The normalized spacial score (nSPS) is 10.3. The van der Waals surface area contributed by atoms with Crippen molar-refractivity contribution < 1.29 is 0 Å². The molecule has 0 bridgehead atoms. The Bertz CT molecular complexity index is 709. The van der Waals surface area contributed by atoms with Crippen LogP contribution in [-0.2, 0) is 0 Å². The van der Waals surface area contributed by atoms with Crippen LogP contribution in [0.25, 0.3) is 17.2 Å². The van der Waals surface area contributed by atoms with Crippen LogP contribution in [0.3, 0.4) is 0 Å². The topological polar surface area (TPSA) is 66.9 Å². The second kappa shape index (κ2) is 3.68. The summed E-state index contributed by atoms with van der Waals surface area (Å²) >= 11 is 0. The van der Waals surface area contributed by atoms with Gasteiger partial charge in [-0.3, -0.25) is 9.38 Å². The van der Waals surface area contributed by atoms with E-state index >= 15 is 0 Å². The Hall–Kier alpha value is -2.74. The fourth-order valence-electron chi connectivity index (χ4n) is 1.63. The van der Waals surface area contributed by atoms with Gasteiger partial charge >= 0.3 is 0 Å². The Balaban J connectivity index is 2.23. The second-order valence-electron chi connectivity index (χ2n) is 3.49. The third-order valence-corrected chi connectivity index (χ3v) is 2.43. The molecule has 0 unspecified atom stereocenters. The summed E-state index contributed by atoms with van der Waals surface area (Å²) in [6.07, 6.45) is 3.48. The van der Waals surface area contributed by atoms with Crippen LogP contribution in [0.15, 0.2) is 42.7 Å². The van der Waals surface area contributed by atoms with Crippen molar-refractivity contribution in [3.05, 3.63) is 48.3 Å². The summed E-state index contributed by atoms with van der Waals surface area (Å²) in [5.41, 5.74) is 1.96. The van der Waals surface area contributed by atoms with Crippen molar-refractivity contribution in [2.45, 2.75) is 0 Å². The summed E-state index contributed by atoms with van der Waals surface area (Å²) in [7, 11) is 0. The quantitative estimate of drug-likeness (QED) is 0.626. The maximum Gasteiger partial charge on any atom is 0.186 e. The van der Waals surface area contributed by atoms with Gasteiger partial charge < -0.3 is 0 Å². The molecule has 0 aliphatic rings. The lowest BCUT2D eigenvalue weighted by Crippen LogP contribution is -1.91. The van der Waals surface area contributed by atoms with Gasteiger partial charge in [-0.15, -0.1) is 10.2 Å². The molecule has 5 nitrogen and oxygen atoms in total. The fourth-order valence-corrected chi connectivity index (χ4v) is 1.63. The van der Waals surface area contributed by atoms with Gasteiger partial charge in [-0.2, -0.15) is 5.26 Å². The third kappa shape index (κ3) is 1.52. The number of nitrogens with zero attached hydrogens (tertiary/aromatic N) is 5. The minimum Gasteiger partial charge on any atom is -0.281 e. The standard InChI is InChI=1S/C12H7N5/c13-8-9-4-6-17-11(7-9)15-16-12(17)10-3-1-2-5-14-10/h1-7H. The monoisotopic (exact) mass is 221 g/mol. The molecule has 3 aromatic heterocycles. The zero-order valence-corrected chi connectivity index (χ0v) is 8.78. The van der Waals surface area contributed by atoms with Gasteiger partial charge in [-0.1, -0.05) is 6.07 Å². The van der Waals surface area contributed by atoms with Gasteiger partial charge in [0.15, 0.2) is 11.5 Å². The van der Waals surface area contributed by atoms with Crippen molar-refractivity contribution in [2.24, 2.45) is 0 Å². The van der Waals surface area contributed by atoms with Crippen molar-refractivity contribution in [2.75, 3.05) is 0 Å². The summed E-state index contributed by atoms with van der Waals surface area (Å²) in [5, 5.41) is 16.9. The molecule has 0 aliphatic carbocycles. The van der Waals surface area contributed by atoms with Gasteiger partial charge in [0.25, 0.3) is 0 Å². The molecule has 17 heavy (non-hydrogen) atoms. The molecule has 0 atom stereocenters. The SMILES string of the molecule is N#Cc1ccn2c(-c3ccccn3)nnc2c1. The maximum atomic E-state index is 8.80. The Morgan fingerprint density at radius 3 is 2.88 bits per heavy atom. The van der Waals surface area contributed by atoms with Crippen LogP contribution in [0, 0.1) is 11.3 Å². The lowest BCUT2D eigenvalue weighted by molar-refractivity contribution is 1.09. The van der Waals surface area contributed by atoms with Gasteiger partial charge in [-0.05, 0) is 18.2 Å². The van der Waals surface area contributed by atoms with Crippen molar-refractivity contribution in [3.63, 3.8) is 0 Å². The number of fused-ring (bicyclic) bond motifs is 1. The van der Waals surface area contributed by atoms with E-state index in [1.165, 1.54) is 0 Å². The number of hydrogen-bond donors (Lipinski definition) is 0. The predicted octanol–water partition coefficient (Wildman–Crippen LogP) is 1.66. The van der Waals surface area contributed by atoms with E-state index in [4.69, 9.17) is 5.26 Å². The Morgan fingerprint density at radius 1 is 1.18 bits per heavy atom. The minimum atomic E-state index is 0.567. The highest BCUT2D eigenvalue weighted by atomic mass is 15.2. The lowest BCUT2D eigenvalue weighted by atomic mass is 10.3. The largest absolute Gasteiger partial charge is 0.281 e. The van der Waals surface area contributed by atoms with E-state index in [2.05, 4.69) is 21.3 Å². The molecule has 0 aliphatic heterocycles. The van der Waals surface area contributed by atoms with E-state index in [9.17, 15) is 0 Å². The highest BCUT2D eigenvalue weighted by Crippen LogP contribution is 2.15. The average molecular weight is 221 g/mol. The van der Waals surface area contributed by atoms with E-state index in [0.29, 0.717) is 17.0 Å². The summed E-state index contributed by atoms with van der Waals surface area (Å²) in [6.45, 7) is 0. The van der Waals surface area contributed by atoms with Crippen molar-refractivity contribution in [1.82, 2.24) is 19.6 Å². The average Bonchev–Trinajstić information content (AvgIpc) is 2.82. The van der Waals surface area contributed by atoms with Crippen LogP contribution < -0.4 is 0 Å². The first-order chi connectivity index (χ1) is 8.38. The van der Waals surface area contributed by atoms with E-state index < -0.39 is 0 Å². The Morgan fingerprint density at radius 2 is 2.12 bits per heavy atom. The number of hydrogen-bond acceptors (Lipinski definition) is 4. The first-order valence-corrected chi connectivity index (χ1v) is 5.05. The molecular weight excluding hydrogens is 214 g/mol. The molecule has 0 saturated heterocycles. The van der Waals surface area contributed by atoms with E-state index in [-0.39, 0.29) is 0 Å². The Kier molecular flexibility index (Phi) is 2.06. The first-order valence-electron chi connectivity index (χ1n) is 5.05. The molecule has 5 heteroatoms. The molecule has 0 radical (unpaired) electrons. The number of nitriles is 1. The van der Waals surface area contributed by atoms with Crippen LogP contribution in [-0.4, -0.2) is 19.6 Å². The lowest BCUT2D eigenvalue weighted by Gasteiger charge is -1.98. The second-order valence-corrected chi connectivity index (χ2v) is 3.49. The zero-order chi connectivity index (χ0) is 11.7. The van der Waals surface area contributed by atoms with Gasteiger partial charge in [0.1, 0.15) is 5.69 Å². The van der Waals surface area contributed by atoms with Gasteiger partial charge in [-0.25, -0.2) is 0 Å². The molecular formula is C12H7N5. The van der Waals surface area contributed by atoms with Crippen molar-refractivity contribution >= 4 is 5.65 Å². The molecule has 0 aromatic carbocycles. The van der Waals surface area contributed by atoms with Crippen LogP contribution in [0.1, 0.15) is 5.56 Å². The molecule has 3 heterocycles. The van der Waals surface area contributed by atoms with E-state index in [1.54, 1.807) is 24.5 Å². The van der Waals surface area contributed by atoms with Gasteiger partial charge in [0.05, 0.1) is 11.6 Å².